The predicted molar refractivity (Wildman–Crippen MR) is 99.3 cm³/mol. The molecule has 1 aliphatic rings. The molecular formula is C20H21N5O2. The molecule has 3 aromatic rings. The third-order valence-electron chi connectivity index (χ3n) is 4.63. The summed E-state index contributed by atoms with van der Waals surface area (Å²) < 4.78 is 7.57. The Labute approximate surface area is 157 Å². The van der Waals surface area contributed by atoms with Crippen molar-refractivity contribution in [1.82, 2.24) is 24.9 Å². The minimum atomic E-state index is -0.0741. The van der Waals surface area contributed by atoms with E-state index in [1.807, 2.05) is 53.4 Å². The van der Waals surface area contributed by atoms with E-state index in [0.29, 0.717) is 25.4 Å². The molecule has 27 heavy (non-hydrogen) atoms. The van der Waals surface area contributed by atoms with Gasteiger partial charge in [-0.25, -0.2) is 4.68 Å². The van der Waals surface area contributed by atoms with Gasteiger partial charge in [0.1, 0.15) is 0 Å². The van der Waals surface area contributed by atoms with Crippen molar-refractivity contribution in [1.29, 1.82) is 0 Å². The van der Waals surface area contributed by atoms with Crippen molar-refractivity contribution in [3.8, 4) is 5.69 Å². The molecule has 0 bridgehead atoms. The number of pyridine rings is 1. The molecule has 1 fully saturated rings. The van der Waals surface area contributed by atoms with Crippen molar-refractivity contribution >= 4 is 5.91 Å². The van der Waals surface area contributed by atoms with Crippen LogP contribution in [0.1, 0.15) is 29.0 Å². The lowest BCUT2D eigenvalue weighted by Crippen LogP contribution is -2.43. The molecule has 0 aliphatic carbocycles. The van der Waals surface area contributed by atoms with Gasteiger partial charge in [0.25, 0.3) is 5.91 Å². The molecule has 1 aliphatic heterocycles. The lowest BCUT2D eigenvalue weighted by atomic mass is 10.1. The van der Waals surface area contributed by atoms with Crippen LogP contribution in [0.3, 0.4) is 0 Å². The number of para-hydroxylation sites is 1. The highest BCUT2D eigenvalue weighted by Gasteiger charge is 2.27. The number of amides is 1. The number of aromatic nitrogens is 4. The quantitative estimate of drug-likeness (QED) is 0.696. The van der Waals surface area contributed by atoms with E-state index >= 15 is 0 Å². The third-order valence-corrected chi connectivity index (χ3v) is 4.63. The van der Waals surface area contributed by atoms with E-state index < -0.39 is 0 Å². The van der Waals surface area contributed by atoms with Gasteiger partial charge in [-0.3, -0.25) is 9.78 Å². The summed E-state index contributed by atoms with van der Waals surface area (Å²) in [6.45, 7) is 1.73. The van der Waals surface area contributed by atoms with Crippen molar-refractivity contribution in [3.05, 3.63) is 72.3 Å². The molecule has 1 saturated heterocycles. The first-order valence-electron chi connectivity index (χ1n) is 9.08. The molecule has 1 atom stereocenters. The molecule has 7 nitrogen and oxygen atoms in total. The average Bonchev–Trinajstić information content (AvgIpc) is 3.23. The van der Waals surface area contributed by atoms with Crippen molar-refractivity contribution in [2.45, 2.75) is 25.6 Å². The second-order valence-corrected chi connectivity index (χ2v) is 6.51. The van der Waals surface area contributed by atoms with Gasteiger partial charge in [-0.2, -0.15) is 0 Å². The monoisotopic (exact) mass is 363 g/mol. The first kappa shape index (κ1) is 17.4. The number of carbonyl (C=O) groups excluding carboxylic acids is 1. The van der Waals surface area contributed by atoms with Crippen LogP contribution in [0.25, 0.3) is 5.69 Å². The Morgan fingerprint density at radius 1 is 1.15 bits per heavy atom. The second kappa shape index (κ2) is 8.09. The Balaban J connectivity index is 1.43. The Morgan fingerprint density at radius 2 is 2.00 bits per heavy atom. The average molecular weight is 363 g/mol. The minimum Gasteiger partial charge on any atom is -0.370 e. The van der Waals surface area contributed by atoms with Gasteiger partial charge >= 0.3 is 0 Å². The van der Waals surface area contributed by atoms with Crippen molar-refractivity contribution in [2.75, 3.05) is 13.1 Å². The van der Waals surface area contributed by atoms with E-state index in [-0.39, 0.29) is 12.0 Å². The molecule has 0 saturated carbocycles. The molecule has 7 heteroatoms. The van der Waals surface area contributed by atoms with Crippen molar-refractivity contribution in [2.24, 2.45) is 0 Å². The van der Waals surface area contributed by atoms with Gasteiger partial charge in [0.2, 0.25) is 0 Å². The number of piperidine rings is 1. The molecule has 0 unspecified atom stereocenters. The molecule has 0 spiro atoms. The summed E-state index contributed by atoms with van der Waals surface area (Å²) in [5.41, 5.74) is 2.18. The van der Waals surface area contributed by atoms with Crippen LogP contribution in [0.15, 0.2) is 60.9 Å². The first-order valence-corrected chi connectivity index (χ1v) is 9.08. The van der Waals surface area contributed by atoms with E-state index in [1.54, 1.807) is 10.9 Å². The number of rotatable bonds is 5. The number of nitrogens with zero attached hydrogens (tertiary/aromatic N) is 5. The highest BCUT2D eigenvalue weighted by atomic mass is 16.5. The summed E-state index contributed by atoms with van der Waals surface area (Å²) in [5, 5.41) is 8.01. The van der Waals surface area contributed by atoms with Gasteiger partial charge in [-0.15, -0.1) is 5.10 Å². The largest absolute Gasteiger partial charge is 0.370 e. The number of likely N-dealkylation sites (tertiary alicyclic amines) is 1. The van der Waals surface area contributed by atoms with Crippen LogP contribution in [0.4, 0.5) is 0 Å². The Hall–Kier alpha value is -3.06. The summed E-state index contributed by atoms with van der Waals surface area (Å²) in [4.78, 5) is 19.1. The maximum atomic E-state index is 13.0. The molecule has 138 valence electrons. The van der Waals surface area contributed by atoms with E-state index in [9.17, 15) is 4.79 Å². The molecule has 3 heterocycles. The van der Waals surface area contributed by atoms with Crippen LogP contribution in [0.5, 0.6) is 0 Å². The summed E-state index contributed by atoms with van der Waals surface area (Å²) in [7, 11) is 0. The van der Waals surface area contributed by atoms with Crippen LogP contribution < -0.4 is 0 Å². The van der Waals surface area contributed by atoms with Crippen LogP contribution >= 0.6 is 0 Å². The number of hydrogen-bond donors (Lipinski definition) is 0. The zero-order valence-electron chi connectivity index (χ0n) is 14.9. The molecule has 2 aromatic heterocycles. The summed E-state index contributed by atoms with van der Waals surface area (Å²) in [6.07, 6.45) is 5.13. The van der Waals surface area contributed by atoms with Gasteiger partial charge in [0.15, 0.2) is 5.69 Å². The molecule has 0 N–H and O–H groups in total. The van der Waals surface area contributed by atoms with E-state index in [1.165, 1.54) is 6.20 Å². The maximum absolute atomic E-state index is 13.0. The fraction of sp³-hybridized carbons (Fsp3) is 0.300. The molecular weight excluding hydrogens is 342 g/mol. The Kier molecular flexibility index (Phi) is 5.20. The highest BCUT2D eigenvalue weighted by Crippen LogP contribution is 2.18. The van der Waals surface area contributed by atoms with Crippen LogP contribution in [0, 0.1) is 0 Å². The molecule has 1 aromatic carbocycles. The van der Waals surface area contributed by atoms with Crippen LogP contribution in [-0.4, -0.2) is 50.0 Å². The van der Waals surface area contributed by atoms with Gasteiger partial charge in [-0.1, -0.05) is 29.5 Å². The van der Waals surface area contributed by atoms with Crippen LogP contribution in [0.2, 0.25) is 0 Å². The number of carbonyl (C=O) groups is 1. The molecule has 4 rings (SSSR count). The minimum absolute atomic E-state index is 0.00534. The fourth-order valence-corrected chi connectivity index (χ4v) is 3.25. The normalized spacial score (nSPS) is 17.0. The lowest BCUT2D eigenvalue weighted by Gasteiger charge is -2.32. The number of hydrogen-bond acceptors (Lipinski definition) is 5. The lowest BCUT2D eigenvalue weighted by molar-refractivity contribution is -0.00809. The number of benzene rings is 1. The third kappa shape index (κ3) is 4.03. The maximum Gasteiger partial charge on any atom is 0.274 e. The summed E-state index contributed by atoms with van der Waals surface area (Å²) >= 11 is 0. The molecule has 0 radical (unpaired) electrons. The van der Waals surface area contributed by atoms with Crippen molar-refractivity contribution in [3.63, 3.8) is 0 Å². The standard InChI is InChI=1S/C20H21N5O2/c26-20(19-13-22-23-25(19)17-8-2-1-3-9-17)24-12-6-10-18(14-24)27-15-16-7-4-5-11-21-16/h1-5,7-9,11,13,18H,6,10,12,14-15H2/t18-/m0/s1. The Morgan fingerprint density at radius 3 is 2.81 bits per heavy atom. The van der Waals surface area contributed by atoms with E-state index in [0.717, 1.165) is 24.2 Å². The SMILES string of the molecule is O=C(c1cnnn1-c1ccccc1)N1CCC[C@H](OCc2ccccn2)C1. The van der Waals surface area contributed by atoms with E-state index in [4.69, 9.17) is 4.74 Å². The zero-order valence-corrected chi connectivity index (χ0v) is 14.9. The smallest absolute Gasteiger partial charge is 0.274 e. The zero-order chi connectivity index (χ0) is 18.5. The predicted octanol–water partition coefficient (Wildman–Crippen LogP) is 2.48. The first-order chi connectivity index (χ1) is 13.3. The van der Waals surface area contributed by atoms with Crippen molar-refractivity contribution < 1.29 is 9.53 Å². The van der Waals surface area contributed by atoms with Gasteiger partial charge in [0, 0.05) is 19.3 Å². The molecule has 1 amide bonds. The number of ether oxygens (including phenoxy) is 1. The van der Waals surface area contributed by atoms with Gasteiger partial charge in [0.05, 0.1) is 30.3 Å². The van der Waals surface area contributed by atoms with Gasteiger partial charge < -0.3 is 9.64 Å². The van der Waals surface area contributed by atoms with Gasteiger partial charge in [-0.05, 0) is 37.1 Å². The van der Waals surface area contributed by atoms with Crippen LogP contribution in [-0.2, 0) is 11.3 Å². The fourth-order valence-electron chi connectivity index (χ4n) is 3.25. The highest BCUT2D eigenvalue weighted by molar-refractivity contribution is 5.92. The summed E-state index contributed by atoms with van der Waals surface area (Å²) in [6, 6.07) is 15.3. The topological polar surface area (TPSA) is 73.1 Å². The Bertz CT molecular complexity index is 882. The van der Waals surface area contributed by atoms with E-state index in [2.05, 4.69) is 15.3 Å². The second-order valence-electron chi connectivity index (χ2n) is 6.51. The summed E-state index contributed by atoms with van der Waals surface area (Å²) in [5.74, 6) is -0.0741.